The number of imidazole rings is 1. The second-order valence-corrected chi connectivity index (χ2v) is 5.75. The van der Waals surface area contributed by atoms with Crippen LogP contribution in [0.25, 0.3) is 5.52 Å². The minimum Gasteiger partial charge on any atom is -0.464 e. The molecule has 21 heavy (non-hydrogen) atoms. The lowest BCUT2D eigenvalue weighted by Gasteiger charge is -2.13. The summed E-state index contributed by atoms with van der Waals surface area (Å²) in [6.45, 7) is 1.90. The maximum atomic E-state index is 11.9. The van der Waals surface area contributed by atoms with E-state index in [1.165, 1.54) is 13.5 Å². The van der Waals surface area contributed by atoms with Crippen LogP contribution < -0.4 is 5.32 Å². The Kier molecular flexibility index (Phi) is 4.12. The molecule has 2 aromatic rings. The Morgan fingerprint density at radius 2 is 2.33 bits per heavy atom. The fourth-order valence-corrected chi connectivity index (χ4v) is 3.02. The molecule has 1 saturated heterocycles. The molecular formula is C15H18ClN3O2. The summed E-state index contributed by atoms with van der Waals surface area (Å²) in [5.41, 5.74) is 1.10. The maximum absolute atomic E-state index is 11.9. The largest absolute Gasteiger partial charge is 0.464 e. The fraction of sp³-hybridized carbons (Fsp3) is 0.467. The van der Waals surface area contributed by atoms with Crippen LogP contribution in [0.3, 0.4) is 0 Å². The molecule has 112 valence electrons. The second kappa shape index (κ2) is 6.03. The van der Waals surface area contributed by atoms with Gasteiger partial charge in [-0.05, 0) is 31.5 Å². The van der Waals surface area contributed by atoms with Crippen LogP contribution in [0.4, 0.5) is 0 Å². The molecule has 1 aliphatic rings. The number of nitrogens with zero attached hydrogens (tertiary/aromatic N) is 2. The van der Waals surface area contributed by atoms with Gasteiger partial charge < -0.3 is 14.5 Å². The standard InChI is InChI=1S/C15H18ClN3O2/c1-21-15(20)13-12-6-5-11(16)9-19(12)14(18-13)10-4-2-3-7-17-8-10/h5-6,9-10,17H,2-4,7-8H2,1H3. The quantitative estimate of drug-likeness (QED) is 0.867. The van der Waals surface area contributed by atoms with Gasteiger partial charge in [0, 0.05) is 18.7 Å². The summed E-state index contributed by atoms with van der Waals surface area (Å²) in [6, 6.07) is 3.58. The van der Waals surface area contributed by atoms with E-state index in [0.717, 1.165) is 37.3 Å². The number of esters is 1. The molecule has 6 heteroatoms. The van der Waals surface area contributed by atoms with E-state index in [2.05, 4.69) is 10.3 Å². The van der Waals surface area contributed by atoms with E-state index < -0.39 is 5.97 Å². The van der Waals surface area contributed by atoms with Gasteiger partial charge in [0.15, 0.2) is 5.69 Å². The highest BCUT2D eigenvalue weighted by Gasteiger charge is 2.24. The van der Waals surface area contributed by atoms with Crippen molar-refractivity contribution < 1.29 is 9.53 Å². The van der Waals surface area contributed by atoms with E-state index in [1.807, 2.05) is 16.7 Å². The van der Waals surface area contributed by atoms with Gasteiger partial charge >= 0.3 is 5.97 Å². The zero-order valence-electron chi connectivity index (χ0n) is 11.9. The van der Waals surface area contributed by atoms with Crippen molar-refractivity contribution in [1.29, 1.82) is 0 Å². The van der Waals surface area contributed by atoms with Crippen molar-refractivity contribution in [1.82, 2.24) is 14.7 Å². The second-order valence-electron chi connectivity index (χ2n) is 5.31. The van der Waals surface area contributed by atoms with Crippen molar-refractivity contribution >= 4 is 23.1 Å². The molecule has 3 rings (SSSR count). The number of aromatic nitrogens is 2. The van der Waals surface area contributed by atoms with E-state index in [-0.39, 0.29) is 5.92 Å². The summed E-state index contributed by atoms with van der Waals surface area (Å²) in [4.78, 5) is 16.5. The number of fused-ring (bicyclic) bond motifs is 1. The molecule has 0 amide bonds. The minimum absolute atomic E-state index is 0.275. The topological polar surface area (TPSA) is 55.6 Å². The van der Waals surface area contributed by atoms with Gasteiger partial charge in [0.2, 0.25) is 0 Å². The summed E-state index contributed by atoms with van der Waals surface area (Å²) in [5, 5.41) is 4.05. The summed E-state index contributed by atoms with van der Waals surface area (Å²) < 4.78 is 6.76. The Hall–Kier alpha value is -1.59. The highest BCUT2D eigenvalue weighted by atomic mass is 35.5. The van der Waals surface area contributed by atoms with Gasteiger partial charge in [0.25, 0.3) is 0 Å². The van der Waals surface area contributed by atoms with Crippen molar-refractivity contribution in [3.8, 4) is 0 Å². The number of rotatable bonds is 2. The number of pyridine rings is 1. The van der Waals surface area contributed by atoms with Crippen LogP contribution in [-0.4, -0.2) is 35.6 Å². The average molecular weight is 308 g/mol. The van der Waals surface area contributed by atoms with E-state index in [9.17, 15) is 4.79 Å². The van der Waals surface area contributed by atoms with Crippen LogP contribution >= 0.6 is 11.6 Å². The molecule has 3 heterocycles. The average Bonchev–Trinajstić information content (AvgIpc) is 2.68. The Labute approximate surface area is 128 Å². The van der Waals surface area contributed by atoms with E-state index in [1.54, 1.807) is 6.07 Å². The van der Waals surface area contributed by atoms with Gasteiger partial charge in [-0.2, -0.15) is 0 Å². The van der Waals surface area contributed by atoms with Crippen LogP contribution in [0.1, 0.15) is 41.5 Å². The van der Waals surface area contributed by atoms with Gasteiger partial charge in [-0.15, -0.1) is 0 Å². The predicted octanol–water partition coefficient (Wildman–Crippen LogP) is 2.63. The minimum atomic E-state index is -0.414. The van der Waals surface area contributed by atoms with E-state index >= 15 is 0 Å². The number of carbonyl (C=O) groups excluding carboxylic acids is 1. The van der Waals surface area contributed by atoms with Crippen molar-refractivity contribution in [2.45, 2.75) is 25.2 Å². The summed E-state index contributed by atoms with van der Waals surface area (Å²) in [6.07, 6.45) is 5.20. The number of carbonyl (C=O) groups is 1. The molecule has 0 radical (unpaired) electrons. The summed E-state index contributed by atoms with van der Waals surface area (Å²) >= 11 is 6.10. The lowest BCUT2D eigenvalue weighted by molar-refractivity contribution is 0.0596. The maximum Gasteiger partial charge on any atom is 0.358 e. The molecule has 0 spiro atoms. The monoisotopic (exact) mass is 307 g/mol. The Balaban J connectivity index is 2.12. The molecule has 2 aromatic heterocycles. The lowest BCUT2D eigenvalue weighted by atomic mass is 10.0. The zero-order valence-corrected chi connectivity index (χ0v) is 12.7. The van der Waals surface area contributed by atoms with Gasteiger partial charge in [-0.25, -0.2) is 9.78 Å². The molecule has 1 fully saturated rings. The van der Waals surface area contributed by atoms with Gasteiger partial charge in [-0.1, -0.05) is 18.0 Å². The first-order valence-corrected chi connectivity index (χ1v) is 7.55. The normalized spacial score (nSPS) is 19.4. The SMILES string of the molecule is COC(=O)c1nc(C2CCCCNC2)n2cc(Cl)ccc12. The van der Waals surface area contributed by atoms with Crippen LogP contribution in [0.15, 0.2) is 18.3 Å². The molecule has 1 N–H and O–H groups in total. The smallest absolute Gasteiger partial charge is 0.358 e. The third-order valence-corrected chi connectivity index (χ3v) is 4.14. The number of hydrogen-bond donors (Lipinski definition) is 1. The summed E-state index contributed by atoms with van der Waals surface area (Å²) in [5.74, 6) is 0.738. The van der Waals surface area contributed by atoms with Gasteiger partial charge in [-0.3, -0.25) is 0 Å². The molecule has 5 nitrogen and oxygen atoms in total. The molecule has 0 aliphatic carbocycles. The zero-order chi connectivity index (χ0) is 14.8. The third-order valence-electron chi connectivity index (χ3n) is 3.92. The highest BCUT2D eigenvalue weighted by Crippen LogP contribution is 2.27. The van der Waals surface area contributed by atoms with Gasteiger partial charge in [0.1, 0.15) is 5.82 Å². The van der Waals surface area contributed by atoms with E-state index in [4.69, 9.17) is 16.3 Å². The van der Waals surface area contributed by atoms with Crippen molar-refractivity contribution in [2.24, 2.45) is 0 Å². The van der Waals surface area contributed by atoms with Gasteiger partial charge in [0.05, 0.1) is 17.6 Å². The molecule has 1 aliphatic heterocycles. The van der Waals surface area contributed by atoms with Crippen molar-refractivity contribution in [3.63, 3.8) is 0 Å². The first kappa shape index (κ1) is 14.4. The van der Waals surface area contributed by atoms with Crippen LogP contribution in [0.5, 0.6) is 0 Å². The number of methoxy groups -OCH3 is 1. The molecule has 1 unspecified atom stereocenters. The van der Waals surface area contributed by atoms with Crippen molar-refractivity contribution in [2.75, 3.05) is 20.2 Å². The Morgan fingerprint density at radius 3 is 3.14 bits per heavy atom. The molecule has 1 atom stereocenters. The first-order valence-electron chi connectivity index (χ1n) is 7.17. The third kappa shape index (κ3) is 2.76. The Morgan fingerprint density at radius 1 is 1.48 bits per heavy atom. The number of halogens is 1. The first-order chi connectivity index (χ1) is 10.2. The van der Waals surface area contributed by atoms with Crippen molar-refractivity contribution in [3.05, 3.63) is 34.9 Å². The molecule has 0 aromatic carbocycles. The van der Waals surface area contributed by atoms with Crippen LogP contribution in [0, 0.1) is 0 Å². The number of nitrogens with one attached hydrogen (secondary N) is 1. The fourth-order valence-electron chi connectivity index (χ4n) is 2.86. The predicted molar refractivity (Wildman–Crippen MR) is 81.0 cm³/mol. The lowest BCUT2D eigenvalue weighted by Crippen LogP contribution is -2.20. The molecule has 0 saturated carbocycles. The number of hydrogen-bond acceptors (Lipinski definition) is 4. The molecule has 0 bridgehead atoms. The molecular weight excluding hydrogens is 290 g/mol. The Bertz CT molecular complexity index is 660. The summed E-state index contributed by atoms with van der Waals surface area (Å²) in [7, 11) is 1.37. The van der Waals surface area contributed by atoms with E-state index in [0.29, 0.717) is 10.7 Å². The highest BCUT2D eigenvalue weighted by molar-refractivity contribution is 6.30. The van der Waals surface area contributed by atoms with Crippen LogP contribution in [0.2, 0.25) is 5.02 Å². The van der Waals surface area contributed by atoms with Crippen LogP contribution in [-0.2, 0) is 4.74 Å². The number of ether oxygens (including phenoxy) is 1.